The van der Waals surface area contributed by atoms with Crippen molar-refractivity contribution in [3.63, 3.8) is 0 Å². The summed E-state index contributed by atoms with van der Waals surface area (Å²) in [5, 5.41) is 3.01. The number of carbonyl (C=O) groups is 1. The van der Waals surface area contributed by atoms with Gasteiger partial charge in [-0.05, 0) is 25.8 Å². The van der Waals surface area contributed by atoms with Crippen LogP contribution >= 0.6 is 0 Å². The predicted molar refractivity (Wildman–Crippen MR) is 70.7 cm³/mol. The number of rotatable bonds is 7. The molecule has 1 saturated carbocycles. The molecule has 0 saturated heterocycles. The van der Waals surface area contributed by atoms with Crippen molar-refractivity contribution < 1.29 is 4.79 Å². The Morgan fingerprint density at radius 3 is 2.35 bits per heavy atom. The Morgan fingerprint density at radius 2 is 1.94 bits per heavy atom. The number of nitrogens with one attached hydrogen (secondary N) is 1. The van der Waals surface area contributed by atoms with Crippen molar-refractivity contribution in [1.29, 1.82) is 0 Å². The van der Waals surface area contributed by atoms with Crippen LogP contribution in [0.25, 0.3) is 0 Å². The maximum atomic E-state index is 11.3. The van der Waals surface area contributed by atoms with Gasteiger partial charge in [-0.1, -0.05) is 26.7 Å². The van der Waals surface area contributed by atoms with Crippen LogP contribution in [0.3, 0.4) is 0 Å². The first-order valence-corrected chi connectivity index (χ1v) is 6.75. The fourth-order valence-electron chi connectivity index (χ4n) is 2.67. The maximum Gasteiger partial charge on any atom is 0.235 e. The third-order valence-electron chi connectivity index (χ3n) is 3.55. The van der Waals surface area contributed by atoms with Crippen LogP contribution in [-0.4, -0.2) is 43.0 Å². The van der Waals surface area contributed by atoms with Gasteiger partial charge in [0.2, 0.25) is 5.91 Å². The van der Waals surface area contributed by atoms with Gasteiger partial charge < -0.3 is 11.1 Å². The monoisotopic (exact) mass is 241 g/mol. The lowest BCUT2D eigenvalue weighted by molar-refractivity contribution is -0.120. The second-order valence-corrected chi connectivity index (χ2v) is 5.53. The fourth-order valence-corrected chi connectivity index (χ4v) is 2.67. The van der Waals surface area contributed by atoms with Gasteiger partial charge in [0.15, 0.2) is 0 Å². The lowest BCUT2D eigenvalue weighted by Crippen LogP contribution is -2.50. The first-order valence-electron chi connectivity index (χ1n) is 6.75. The molecule has 0 heterocycles. The third kappa shape index (κ3) is 4.64. The van der Waals surface area contributed by atoms with Gasteiger partial charge in [0.25, 0.3) is 0 Å². The molecule has 1 fully saturated rings. The van der Waals surface area contributed by atoms with Crippen molar-refractivity contribution in [3.8, 4) is 0 Å². The largest absolute Gasteiger partial charge is 0.368 e. The lowest BCUT2D eigenvalue weighted by atomic mass is 10.1. The summed E-state index contributed by atoms with van der Waals surface area (Å²) < 4.78 is 0. The highest BCUT2D eigenvalue weighted by molar-refractivity contribution is 5.80. The van der Waals surface area contributed by atoms with Crippen molar-refractivity contribution in [2.24, 2.45) is 11.7 Å². The third-order valence-corrected chi connectivity index (χ3v) is 3.55. The van der Waals surface area contributed by atoms with E-state index in [0.717, 1.165) is 13.1 Å². The molecule has 4 nitrogen and oxygen atoms in total. The highest BCUT2D eigenvalue weighted by Crippen LogP contribution is 2.24. The average molecular weight is 241 g/mol. The summed E-state index contributed by atoms with van der Waals surface area (Å²) in [4.78, 5) is 13.7. The van der Waals surface area contributed by atoms with Gasteiger partial charge in [0.05, 0.1) is 6.04 Å². The zero-order valence-electron chi connectivity index (χ0n) is 11.4. The van der Waals surface area contributed by atoms with E-state index in [2.05, 4.69) is 24.1 Å². The van der Waals surface area contributed by atoms with E-state index in [-0.39, 0.29) is 11.9 Å². The Balaban J connectivity index is 2.58. The summed E-state index contributed by atoms with van der Waals surface area (Å²) in [6.07, 6.45) is 5.17. The Labute approximate surface area is 105 Å². The molecule has 0 radical (unpaired) electrons. The van der Waals surface area contributed by atoms with Gasteiger partial charge in [-0.25, -0.2) is 0 Å². The lowest BCUT2D eigenvalue weighted by Gasteiger charge is -2.32. The van der Waals surface area contributed by atoms with Crippen LogP contribution < -0.4 is 11.1 Å². The minimum absolute atomic E-state index is 0.227. The number of amides is 1. The molecule has 1 unspecified atom stereocenters. The SMILES string of the molecule is CNC(CN(CC(C)C)C1CCCC1)C(N)=O. The van der Waals surface area contributed by atoms with Crippen molar-refractivity contribution in [1.82, 2.24) is 10.2 Å². The van der Waals surface area contributed by atoms with Gasteiger partial charge in [-0.2, -0.15) is 0 Å². The van der Waals surface area contributed by atoms with E-state index < -0.39 is 0 Å². The van der Waals surface area contributed by atoms with Crippen molar-refractivity contribution in [3.05, 3.63) is 0 Å². The summed E-state index contributed by atoms with van der Waals surface area (Å²) in [5.74, 6) is 0.375. The zero-order valence-corrected chi connectivity index (χ0v) is 11.4. The van der Waals surface area contributed by atoms with Crippen LogP contribution in [0.5, 0.6) is 0 Å². The Kier molecular flexibility index (Phi) is 5.92. The molecular weight excluding hydrogens is 214 g/mol. The molecule has 17 heavy (non-hydrogen) atoms. The zero-order chi connectivity index (χ0) is 12.8. The first-order chi connectivity index (χ1) is 8.04. The Morgan fingerprint density at radius 1 is 1.35 bits per heavy atom. The van der Waals surface area contributed by atoms with Crippen molar-refractivity contribution in [2.75, 3.05) is 20.1 Å². The van der Waals surface area contributed by atoms with Crippen LogP contribution in [0.4, 0.5) is 0 Å². The second kappa shape index (κ2) is 6.97. The Bertz CT molecular complexity index is 237. The molecular formula is C13H27N3O. The number of hydrogen-bond donors (Lipinski definition) is 2. The topological polar surface area (TPSA) is 58.4 Å². The minimum Gasteiger partial charge on any atom is -0.368 e. The number of primary amides is 1. The van der Waals surface area contributed by atoms with Gasteiger partial charge >= 0.3 is 0 Å². The molecule has 0 aromatic rings. The maximum absolute atomic E-state index is 11.3. The van der Waals surface area contributed by atoms with Crippen LogP contribution in [0.1, 0.15) is 39.5 Å². The summed E-state index contributed by atoms with van der Waals surface area (Å²) in [6.45, 7) is 6.24. The molecule has 0 aliphatic heterocycles. The summed E-state index contributed by atoms with van der Waals surface area (Å²) in [5.41, 5.74) is 5.40. The summed E-state index contributed by atoms with van der Waals surface area (Å²) in [6, 6.07) is 0.418. The molecule has 0 bridgehead atoms. The van der Waals surface area contributed by atoms with E-state index in [4.69, 9.17) is 5.73 Å². The van der Waals surface area contributed by atoms with E-state index in [1.807, 2.05) is 0 Å². The molecule has 1 atom stereocenters. The van der Waals surface area contributed by atoms with Gasteiger partial charge in [-0.3, -0.25) is 9.69 Å². The molecule has 0 aromatic heterocycles. The van der Waals surface area contributed by atoms with E-state index in [1.165, 1.54) is 25.7 Å². The number of likely N-dealkylation sites (N-methyl/N-ethyl adjacent to an activating group) is 1. The van der Waals surface area contributed by atoms with E-state index in [1.54, 1.807) is 7.05 Å². The molecule has 1 rings (SSSR count). The van der Waals surface area contributed by atoms with E-state index in [0.29, 0.717) is 12.0 Å². The Hall–Kier alpha value is -0.610. The van der Waals surface area contributed by atoms with E-state index >= 15 is 0 Å². The summed E-state index contributed by atoms with van der Waals surface area (Å²) in [7, 11) is 1.80. The molecule has 0 aromatic carbocycles. The molecule has 0 spiro atoms. The molecule has 100 valence electrons. The number of carbonyl (C=O) groups excluding carboxylic acids is 1. The molecule has 1 aliphatic carbocycles. The smallest absolute Gasteiger partial charge is 0.235 e. The van der Waals surface area contributed by atoms with Crippen LogP contribution in [-0.2, 0) is 4.79 Å². The average Bonchev–Trinajstić information content (AvgIpc) is 2.76. The number of nitrogens with two attached hydrogens (primary N) is 1. The molecule has 3 N–H and O–H groups in total. The van der Waals surface area contributed by atoms with Crippen molar-refractivity contribution >= 4 is 5.91 Å². The fraction of sp³-hybridized carbons (Fsp3) is 0.923. The predicted octanol–water partition coefficient (Wildman–Crippen LogP) is 0.960. The molecule has 1 aliphatic rings. The second-order valence-electron chi connectivity index (χ2n) is 5.53. The highest BCUT2D eigenvalue weighted by Gasteiger charge is 2.26. The quantitative estimate of drug-likeness (QED) is 0.698. The van der Waals surface area contributed by atoms with Gasteiger partial charge in [0.1, 0.15) is 0 Å². The number of hydrogen-bond acceptors (Lipinski definition) is 3. The van der Waals surface area contributed by atoms with Crippen LogP contribution in [0.2, 0.25) is 0 Å². The van der Waals surface area contributed by atoms with E-state index in [9.17, 15) is 4.79 Å². The van der Waals surface area contributed by atoms with Gasteiger partial charge in [0, 0.05) is 19.1 Å². The van der Waals surface area contributed by atoms with Crippen molar-refractivity contribution in [2.45, 2.75) is 51.6 Å². The molecule has 1 amide bonds. The van der Waals surface area contributed by atoms with Crippen LogP contribution in [0, 0.1) is 5.92 Å². The first kappa shape index (κ1) is 14.5. The highest BCUT2D eigenvalue weighted by atomic mass is 16.1. The minimum atomic E-state index is -0.251. The standard InChI is InChI=1S/C13H27N3O/c1-10(2)8-16(11-6-4-5-7-11)9-12(15-3)13(14)17/h10-12,15H,4-9H2,1-3H3,(H2,14,17). The molecule has 4 heteroatoms. The normalized spacial score (nSPS) is 19.1. The van der Waals surface area contributed by atoms with Crippen LogP contribution in [0.15, 0.2) is 0 Å². The number of nitrogens with zero attached hydrogens (tertiary/aromatic N) is 1. The van der Waals surface area contributed by atoms with Gasteiger partial charge in [-0.15, -0.1) is 0 Å². The summed E-state index contributed by atoms with van der Waals surface area (Å²) >= 11 is 0.